The molecule has 0 aliphatic rings. The molecule has 23 heavy (non-hydrogen) atoms. The predicted molar refractivity (Wildman–Crippen MR) is 97.4 cm³/mol. The van der Waals surface area contributed by atoms with Gasteiger partial charge in [-0.1, -0.05) is 66.0 Å². The first kappa shape index (κ1) is 16.2. The Hall–Kier alpha value is -1.66. The summed E-state index contributed by atoms with van der Waals surface area (Å²) in [6.07, 6.45) is 0. The minimum Gasteiger partial charge on any atom is -0.423 e. The maximum Gasteiger partial charge on any atom is 0.490 e. The standard InChI is InChI=1S/C18H15BO2S2/c20-19(21)18-16(22-14-8-3-1-4-9-14)12-7-13-17(18)23-15-10-5-2-6-11-15/h1-13,20-21H. The van der Waals surface area contributed by atoms with Crippen LogP contribution in [0.4, 0.5) is 0 Å². The van der Waals surface area contributed by atoms with Crippen LogP contribution in [0.3, 0.4) is 0 Å². The highest BCUT2D eigenvalue weighted by Gasteiger charge is 2.21. The number of hydrogen-bond acceptors (Lipinski definition) is 4. The van der Waals surface area contributed by atoms with Crippen molar-refractivity contribution in [3.8, 4) is 0 Å². The molecule has 3 aromatic carbocycles. The van der Waals surface area contributed by atoms with Gasteiger partial charge in [0.2, 0.25) is 0 Å². The molecule has 0 atom stereocenters. The third-order valence-electron chi connectivity index (χ3n) is 3.23. The maximum absolute atomic E-state index is 9.87. The Kier molecular flexibility index (Phi) is 5.46. The topological polar surface area (TPSA) is 40.5 Å². The highest BCUT2D eigenvalue weighted by molar-refractivity contribution is 8.00. The van der Waals surface area contributed by atoms with Crippen LogP contribution in [0.2, 0.25) is 0 Å². The fourth-order valence-corrected chi connectivity index (χ4v) is 4.29. The molecule has 5 heteroatoms. The first-order valence-electron chi connectivity index (χ1n) is 7.19. The van der Waals surface area contributed by atoms with Crippen LogP contribution >= 0.6 is 23.5 Å². The number of hydrogen-bond donors (Lipinski definition) is 2. The molecule has 0 fully saturated rings. The van der Waals surface area contributed by atoms with E-state index < -0.39 is 7.12 Å². The van der Waals surface area contributed by atoms with Gasteiger partial charge < -0.3 is 10.0 Å². The summed E-state index contributed by atoms with van der Waals surface area (Å²) < 4.78 is 0. The number of rotatable bonds is 5. The van der Waals surface area contributed by atoms with E-state index in [2.05, 4.69) is 0 Å². The third-order valence-corrected chi connectivity index (χ3v) is 5.39. The van der Waals surface area contributed by atoms with Crippen LogP contribution in [-0.2, 0) is 0 Å². The van der Waals surface area contributed by atoms with Crippen LogP contribution < -0.4 is 5.46 Å². The van der Waals surface area contributed by atoms with E-state index in [-0.39, 0.29) is 0 Å². The van der Waals surface area contributed by atoms with Crippen LogP contribution in [0.25, 0.3) is 0 Å². The summed E-state index contributed by atoms with van der Waals surface area (Å²) in [4.78, 5) is 3.84. The van der Waals surface area contributed by atoms with Crippen LogP contribution in [-0.4, -0.2) is 17.2 Å². The minimum absolute atomic E-state index is 0.551. The Morgan fingerprint density at radius 3 is 1.39 bits per heavy atom. The van der Waals surface area contributed by atoms with Crippen molar-refractivity contribution in [2.75, 3.05) is 0 Å². The Morgan fingerprint density at radius 2 is 1.00 bits per heavy atom. The third kappa shape index (κ3) is 4.21. The van der Waals surface area contributed by atoms with Gasteiger partial charge in [-0.3, -0.25) is 0 Å². The quantitative estimate of drug-likeness (QED) is 0.697. The molecule has 0 saturated heterocycles. The van der Waals surface area contributed by atoms with E-state index >= 15 is 0 Å². The molecule has 0 aromatic heterocycles. The van der Waals surface area contributed by atoms with Gasteiger partial charge in [-0.2, -0.15) is 0 Å². The normalized spacial score (nSPS) is 10.5. The molecule has 0 amide bonds. The summed E-state index contributed by atoms with van der Waals surface area (Å²) in [6.45, 7) is 0. The van der Waals surface area contributed by atoms with E-state index in [1.165, 1.54) is 23.5 Å². The van der Waals surface area contributed by atoms with Crippen molar-refractivity contribution in [1.82, 2.24) is 0 Å². The zero-order valence-corrected chi connectivity index (χ0v) is 13.9. The van der Waals surface area contributed by atoms with Crippen LogP contribution in [0, 0.1) is 0 Å². The molecular formula is C18H15BO2S2. The zero-order chi connectivity index (χ0) is 16.1. The van der Waals surface area contributed by atoms with Gasteiger partial charge in [0.25, 0.3) is 0 Å². The zero-order valence-electron chi connectivity index (χ0n) is 12.3. The van der Waals surface area contributed by atoms with Crippen molar-refractivity contribution in [1.29, 1.82) is 0 Å². The summed E-state index contributed by atoms with van der Waals surface area (Å²) in [5, 5.41) is 19.7. The molecule has 0 bridgehead atoms. The van der Waals surface area contributed by atoms with Gasteiger partial charge in [-0.05, 0) is 36.4 Å². The van der Waals surface area contributed by atoms with Crippen LogP contribution in [0.5, 0.6) is 0 Å². The second-order valence-electron chi connectivity index (χ2n) is 4.87. The van der Waals surface area contributed by atoms with Crippen molar-refractivity contribution in [3.05, 3.63) is 78.9 Å². The molecule has 2 N–H and O–H groups in total. The summed E-state index contributed by atoms with van der Waals surface area (Å²) in [5.74, 6) is 0. The first-order valence-corrected chi connectivity index (χ1v) is 8.82. The Bertz CT molecular complexity index is 705. The van der Waals surface area contributed by atoms with E-state index in [1.54, 1.807) is 0 Å². The summed E-state index contributed by atoms with van der Waals surface area (Å²) in [5.41, 5.74) is 0.551. The molecule has 0 heterocycles. The van der Waals surface area contributed by atoms with Gasteiger partial charge in [0, 0.05) is 25.0 Å². The first-order chi connectivity index (χ1) is 11.2. The van der Waals surface area contributed by atoms with Crippen molar-refractivity contribution in [2.24, 2.45) is 0 Å². The average Bonchev–Trinajstić information content (AvgIpc) is 2.56. The van der Waals surface area contributed by atoms with Gasteiger partial charge >= 0.3 is 7.12 Å². The number of benzene rings is 3. The predicted octanol–water partition coefficient (Wildman–Crippen LogP) is 3.67. The molecule has 0 radical (unpaired) electrons. The molecule has 0 aliphatic heterocycles. The van der Waals surface area contributed by atoms with Gasteiger partial charge in [0.15, 0.2) is 0 Å². The summed E-state index contributed by atoms with van der Waals surface area (Å²) in [6, 6.07) is 25.6. The fourth-order valence-electron chi connectivity index (χ4n) is 2.19. The fraction of sp³-hybridized carbons (Fsp3) is 0. The van der Waals surface area contributed by atoms with E-state index in [4.69, 9.17) is 0 Å². The van der Waals surface area contributed by atoms with E-state index in [9.17, 15) is 10.0 Å². The van der Waals surface area contributed by atoms with Gasteiger partial charge in [0.1, 0.15) is 0 Å². The van der Waals surface area contributed by atoms with Crippen molar-refractivity contribution in [3.63, 3.8) is 0 Å². The lowest BCUT2D eigenvalue weighted by molar-refractivity contribution is 0.424. The molecule has 0 spiro atoms. The molecular weight excluding hydrogens is 323 g/mol. The molecule has 0 aliphatic carbocycles. The lowest BCUT2D eigenvalue weighted by atomic mass is 9.80. The van der Waals surface area contributed by atoms with Crippen molar-refractivity contribution in [2.45, 2.75) is 19.6 Å². The SMILES string of the molecule is OB(O)c1c(Sc2ccccc2)cccc1Sc1ccccc1. The van der Waals surface area contributed by atoms with E-state index in [1.807, 2.05) is 78.9 Å². The highest BCUT2D eigenvalue weighted by Crippen LogP contribution is 2.32. The van der Waals surface area contributed by atoms with Gasteiger partial charge in [-0.25, -0.2) is 0 Å². The van der Waals surface area contributed by atoms with Crippen LogP contribution in [0.15, 0.2) is 98.4 Å². The van der Waals surface area contributed by atoms with E-state index in [0.29, 0.717) is 5.46 Å². The second kappa shape index (κ2) is 7.75. The second-order valence-corrected chi connectivity index (χ2v) is 7.10. The molecule has 3 aromatic rings. The lowest BCUT2D eigenvalue weighted by Crippen LogP contribution is -2.33. The van der Waals surface area contributed by atoms with Gasteiger partial charge in [-0.15, -0.1) is 0 Å². The Balaban J connectivity index is 1.95. The van der Waals surface area contributed by atoms with Gasteiger partial charge in [0.05, 0.1) is 0 Å². The molecule has 0 saturated carbocycles. The maximum atomic E-state index is 9.87. The Morgan fingerprint density at radius 1 is 0.565 bits per heavy atom. The van der Waals surface area contributed by atoms with Crippen LogP contribution in [0.1, 0.15) is 0 Å². The average molecular weight is 338 g/mol. The Labute approximate surface area is 144 Å². The monoisotopic (exact) mass is 338 g/mol. The summed E-state index contributed by atoms with van der Waals surface area (Å²) >= 11 is 3.07. The van der Waals surface area contributed by atoms with E-state index in [0.717, 1.165) is 19.6 Å². The smallest absolute Gasteiger partial charge is 0.423 e. The van der Waals surface area contributed by atoms with Crippen molar-refractivity contribution < 1.29 is 10.0 Å². The minimum atomic E-state index is -1.51. The molecule has 2 nitrogen and oxygen atoms in total. The molecule has 114 valence electrons. The summed E-state index contributed by atoms with van der Waals surface area (Å²) in [7, 11) is -1.51. The van der Waals surface area contributed by atoms with Crippen molar-refractivity contribution >= 4 is 36.1 Å². The largest absolute Gasteiger partial charge is 0.490 e. The molecule has 0 unspecified atom stereocenters. The lowest BCUT2D eigenvalue weighted by Gasteiger charge is -2.13. The molecule has 3 rings (SSSR count). The highest BCUT2D eigenvalue weighted by atomic mass is 32.2.